The van der Waals surface area contributed by atoms with E-state index in [1.54, 1.807) is 24.4 Å². The van der Waals surface area contributed by atoms with Crippen LogP contribution in [0.15, 0.2) is 61.3 Å². The number of carbonyl (C=O) groups excluding carboxylic acids is 1. The van der Waals surface area contributed by atoms with Crippen LogP contribution in [0, 0.1) is 12.7 Å². The Bertz CT molecular complexity index is 1180. The van der Waals surface area contributed by atoms with Crippen LogP contribution < -0.4 is 5.32 Å². The van der Waals surface area contributed by atoms with Crippen LogP contribution >= 0.6 is 11.6 Å². The van der Waals surface area contributed by atoms with Gasteiger partial charge >= 0.3 is 0 Å². The first kappa shape index (κ1) is 18.7. The van der Waals surface area contributed by atoms with Gasteiger partial charge in [-0.15, -0.1) is 4.80 Å². The standard InChI is InChI=1S/C20H14ClFN6O/c1-12-16(13-2-4-14(22)5-3-13)10-23-11-17(12)20(29)27-15-8-18(21)19(24-9-15)28-25-6-7-26-28/h2-11H,1H3,(H,27,29). The van der Waals surface area contributed by atoms with Crippen LogP contribution in [0.5, 0.6) is 0 Å². The molecule has 3 heterocycles. The molecule has 144 valence electrons. The minimum atomic E-state index is -0.359. The van der Waals surface area contributed by atoms with Gasteiger partial charge in [0.05, 0.1) is 34.9 Å². The molecule has 0 aliphatic carbocycles. The van der Waals surface area contributed by atoms with Gasteiger partial charge in [-0.25, -0.2) is 9.37 Å². The van der Waals surface area contributed by atoms with Gasteiger partial charge in [0.15, 0.2) is 5.82 Å². The molecule has 0 fully saturated rings. The normalized spacial score (nSPS) is 10.7. The van der Waals surface area contributed by atoms with Gasteiger partial charge in [-0.05, 0) is 36.2 Å². The van der Waals surface area contributed by atoms with Crippen molar-refractivity contribution in [3.05, 3.63) is 83.3 Å². The van der Waals surface area contributed by atoms with Gasteiger partial charge in [-0.3, -0.25) is 9.78 Å². The van der Waals surface area contributed by atoms with Crippen LogP contribution in [0.3, 0.4) is 0 Å². The topological polar surface area (TPSA) is 85.6 Å². The molecule has 29 heavy (non-hydrogen) atoms. The summed E-state index contributed by atoms with van der Waals surface area (Å²) in [6.07, 6.45) is 7.61. The summed E-state index contributed by atoms with van der Waals surface area (Å²) in [6, 6.07) is 7.59. The van der Waals surface area contributed by atoms with Gasteiger partial charge in [0.25, 0.3) is 5.91 Å². The molecule has 0 aliphatic rings. The fourth-order valence-corrected chi connectivity index (χ4v) is 3.09. The average molecular weight is 409 g/mol. The Balaban J connectivity index is 1.60. The molecule has 1 amide bonds. The lowest BCUT2D eigenvalue weighted by Crippen LogP contribution is -2.15. The SMILES string of the molecule is Cc1c(C(=O)Nc2cnc(-n3nccn3)c(Cl)c2)cncc1-c1ccc(F)cc1. The third-order valence-corrected chi connectivity index (χ3v) is 4.58. The maximum absolute atomic E-state index is 13.2. The summed E-state index contributed by atoms with van der Waals surface area (Å²) >= 11 is 6.24. The fourth-order valence-electron chi connectivity index (χ4n) is 2.84. The van der Waals surface area contributed by atoms with Crippen molar-refractivity contribution < 1.29 is 9.18 Å². The van der Waals surface area contributed by atoms with Gasteiger partial charge < -0.3 is 5.32 Å². The van der Waals surface area contributed by atoms with Crippen LogP contribution in [0.1, 0.15) is 15.9 Å². The molecule has 0 unspecified atom stereocenters. The first-order chi connectivity index (χ1) is 14.0. The highest BCUT2D eigenvalue weighted by atomic mass is 35.5. The molecule has 0 aliphatic heterocycles. The Labute approximate surface area is 170 Å². The number of amides is 1. The van der Waals surface area contributed by atoms with Crippen LogP contribution in [-0.4, -0.2) is 30.9 Å². The van der Waals surface area contributed by atoms with Crippen molar-refractivity contribution in [1.29, 1.82) is 0 Å². The number of anilines is 1. The van der Waals surface area contributed by atoms with E-state index in [0.717, 1.165) is 16.7 Å². The Morgan fingerprint density at radius 3 is 2.52 bits per heavy atom. The predicted octanol–water partition coefficient (Wildman–Crippen LogP) is 4.08. The molecule has 0 saturated carbocycles. The van der Waals surface area contributed by atoms with E-state index in [2.05, 4.69) is 25.5 Å². The Hall–Kier alpha value is -3.65. The number of benzene rings is 1. The van der Waals surface area contributed by atoms with E-state index < -0.39 is 0 Å². The van der Waals surface area contributed by atoms with E-state index >= 15 is 0 Å². The number of pyridine rings is 2. The third-order valence-electron chi connectivity index (χ3n) is 4.30. The van der Waals surface area contributed by atoms with E-state index in [4.69, 9.17) is 11.6 Å². The number of rotatable bonds is 4. The first-order valence-corrected chi connectivity index (χ1v) is 8.95. The average Bonchev–Trinajstić information content (AvgIpc) is 3.23. The maximum atomic E-state index is 13.2. The Morgan fingerprint density at radius 1 is 1.10 bits per heavy atom. The second-order valence-corrected chi connectivity index (χ2v) is 6.58. The molecule has 0 spiro atoms. The second kappa shape index (κ2) is 7.76. The van der Waals surface area contributed by atoms with Crippen LogP contribution in [0.2, 0.25) is 5.02 Å². The van der Waals surface area contributed by atoms with Crippen molar-refractivity contribution in [3.63, 3.8) is 0 Å². The Kier molecular flexibility index (Phi) is 5.01. The maximum Gasteiger partial charge on any atom is 0.257 e. The van der Waals surface area contributed by atoms with E-state index in [9.17, 15) is 9.18 Å². The molecule has 9 heteroatoms. The van der Waals surface area contributed by atoms with E-state index in [0.29, 0.717) is 17.1 Å². The lowest BCUT2D eigenvalue weighted by molar-refractivity contribution is 0.102. The highest BCUT2D eigenvalue weighted by Crippen LogP contribution is 2.26. The zero-order valence-corrected chi connectivity index (χ0v) is 15.9. The smallest absolute Gasteiger partial charge is 0.257 e. The summed E-state index contributed by atoms with van der Waals surface area (Å²) in [5, 5.41) is 11.0. The van der Waals surface area contributed by atoms with E-state index in [-0.39, 0.29) is 16.7 Å². The number of aromatic nitrogens is 5. The van der Waals surface area contributed by atoms with E-state index in [1.807, 2.05) is 6.92 Å². The lowest BCUT2D eigenvalue weighted by atomic mass is 9.99. The minimum absolute atomic E-state index is 0.286. The predicted molar refractivity (Wildman–Crippen MR) is 106 cm³/mol. The molecule has 0 atom stereocenters. The molecule has 0 bridgehead atoms. The van der Waals surface area contributed by atoms with Crippen LogP contribution in [0.25, 0.3) is 16.9 Å². The molecule has 4 aromatic rings. The second-order valence-electron chi connectivity index (χ2n) is 6.17. The molecular weight excluding hydrogens is 395 g/mol. The van der Waals surface area contributed by atoms with Crippen molar-refractivity contribution in [2.75, 3.05) is 5.32 Å². The number of nitrogens with zero attached hydrogens (tertiary/aromatic N) is 5. The largest absolute Gasteiger partial charge is 0.320 e. The zero-order chi connectivity index (χ0) is 20.4. The van der Waals surface area contributed by atoms with Crippen molar-refractivity contribution in [2.45, 2.75) is 6.92 Å². The number of hydrogen-bond donors (Lipinski definition) is 1. The van der Waals surface area contributed by atoms with Crippen molar-refractivity contribution >= 4 is 23.2 Å². The summed E-state index contributed by atoms with van der Waals surface area (Å²) in [6.45, 7) is 1.81. The molecule has 7 nitrogen and oxygen atoms in total. The zero-order valence-electron chi connectivity index (χ0n) is 15.2. The number of carbonyl (C=O) groups is 1. The third kappa shape index (κ3) is 3.83. The van der Waals surface area contributed by atoms with Gasteiger partial charge in [-0.1, -0.05) is 23.7 Å². The summed E-state index contributed by atoms with van der Waals surface area (Å²) in [4.78, 5) is 22.4. The summed E-state index contributed by atoms with van der Waals surface area (Å²) in [7, 11) is 0. The van der Waals surface area contributed by atoms with Crippen molar-refractivity contribution in [3.8, 4) is 16.9 Å². The van der Waals surface area contributed by atoms with E-state index in [1.165, 1.54) is 41.7 Å². The lowest BCUT2D eigenvalue weighted by Gasteiger charge is -2.12. The number of hydrogen-bond acceptors (Lipinski definition) is 5. The van der Waals surface area contributed by atoms with Gasteiger partial charge in [0.1, 0.15) is 5.82 Å². The first-order valence-electron chi connectivity index (χ1n) is 8.57. The molecule has 3 aromatic heterocycles. The molecule has 4 rings (SSSR count). The monoisotopic (exact) mass is 408 g/mol. The summed E-state index contributed by atoms with van der Waals surface area (Å²) < 4.78 is 13.2. The van der Waals surface area contributed by atoms with Crippen molar-refractivity contribution in [1.82, 2.24) is 25.0 Å². The van der Waals surface area contributed by atoms with Gasteiger partial charge in [0.2, 0.25) is 0 Å². The summed E-state index contributed by atoms with van der Waals surface area (Å²) in [5.41, 5.74) is 3.05. The quantitative estimate of drug-likeness (QED) is 0.550. The number of nitrogens with one attached hydrogen (secondary N) is 1. The minimum Gasteiger partial charge on any atom is -0.320 e. The summed E-state index contributed by atoms with van der Waals surface area (Å²) in [5.74, 6) is -0.334. The van der Waals surface area contributed by atoms with Crippen LogP contribution in [0.4, 0.5) is 10.1 Å². The van der Waals surface area contributed by atoms with Crippen molar-refractivity contribution in [2.24, 2.45) is 0 Å². The van der Waals surface area contributed by atoms with Gasteiger partial charge in [-0.2, -0.15) is 10.2 Å². The van der Waals surface area contributed by atoms with Gasteiger partial charge in [0, 0.05) is 18.0 Å². The molecule has 0 radical (unpaired) electrons. The highest BCUT2D eigenvalue weighted by molar-refractivity contribution is 6.32. The molecule has 1 aromatic carbocycles. The molecule has 1 N–H and O–H groups in total. The van der Waals surface area contributed by atoms with Crippen LogP contribution in [-0.2, 0) is 0 Å². The fraction of sp³-hybridized carbons (Fsp3) is 0.0500. The molecule has 0 saturated heterocycles. The Morgan fingerprint density at radius 2 is 1.83 bits per heavy atom. The molecular formula is C20H14ClFN6O. The number of halogens is 2. The highest BCUT2D eigenvalue weighted by Gasteiger charge is 2.15.